The van der Waals surface area contributed by atoms with Crippen LogP contribution in [0.15, 0.2) is 54.6 Å². The molecule has 0 atom stereocenters. The van der Waals surface area contributed by atoms with Gasteiger partial charge in [-0.2, -0.15) is 0 Å². The highest BCUT2D eigenvalue weighted by atomic mass is 16.5. The molecular formula is C18H17NO3. The Morgan fingerprint density at radius 3 is 2.59 bits per heavy atom. The first-order chi connectivity index (χ1) is 10.6. The van der Waals surface area contributed by atoms with Gasteiger partial charge in [0.1, 0.15) is 5.75 Å². The number of nitrogens with one attached hydrogen (secondary N) is 1. The van der Waals surface area contributed by atoms with Crippen molar-refractivity contribution < 1.29 is 14.3 Å². The Hall–Kier alpha value is -2.88. The van der Waals surface area contributed by atoms with E-state index in [2.05, 4.69) is 5.32 Å². The number of anilines is 1. The third kappa shape index (κ3) is 4.31. The molecule has 0 saturated carbocycles. The molecule has 0 aliphatic carbocycles. The summed E-state index contributed by atoms with van der Waals surface area (Å²) in [5.74, 6) is 0.439. The fraction of sp³-hybridized carbons (Fsp3) is 0.111. The van der Waals surface area contributed by atoms with Crippen molar-refractivity contribution in [3.63, 3.8) is 0 Å². The molecule has 0 aromatic heterocycles. The first kappa shape index (κ1) is 15.5. The van der Waals surface area contributed by atoms with E-state index in [1.54, 1.807) is 37.5 Å². The summed E-state index contributed by atoms with van der Waals surface area (Å²) >= 11 is 0. The van der Waals surface area contributed by atoms with Crippen molar-refractivity contribution >= 4 is 23.5 Å². The quantitative estimate of drug-likeness (QED) is 0.678. The number of amides is 1. The van der Waals surface area contributed by atoms with E-state index in [9.17, 15) is 9.59 Å². The van der Waals surface area contributed by atoms with Gasteiger partial charge in [0.2, 0.25) is 5.91 Å². The van der Waals surface area contributed by atoms with Crippen molar-refractivity contribution in [1.29, 1.82) is 0 Å². The second-order valence-electron chi connectivity index (χ2n) is 4.74. The number of benzene rings is 2. The van der Waals surface area contributed by atoms with Gasteiger partial charge < -0.3 is 10.1 Å². The summed E-state index contributed by atoms with van der Waals surface area (Å²) < 4.78 is 5.14. The zero-order chi connectivity index (χ0) is 15.9. The highest BCUT2D eigenvalue weighted by Gasteiger charge is 2.04. The van der Waals surface area contributed by atoms with E-state index < -0.39 is 0 Å². The van der Waals surface area contributed by atoms with Gasteiger partial charge in [0, 0.05) is 18.2 Å². The summed E-state index contributed by atoms with van der Waals surface area (Å²) in [6, 6.07) is 14.3. The van der Waals surface area contributed by atoms with Gasteiger partial charge in [-0.05, 0) is 35.9 Å². The van der Waals surface area contributed by atoms with Crippen LogP contribution in [0.2, 0.25) is 0 Å². The lowest BCUT2D eigenvalue weighted by atomic mass is 10.1. The average molecular weight is 295 g/mol. The molecule has 0 spiro atoms. The molecule has 0 aliphatic rings. The van der Waals surface area contributed by atoms with E-state index in [-0.39, 0.29) is 11.7 Å². The molecule has 2 aromatic rings. The summed E-state index contributed by atoms with van der Waals surface area (Å²) in [6.45, 7) is 1.43. The van der Waals surface area contributed by atoms with Crippen LogP contribution in [0.25, 0.3) is 6.08 Å². The lowest BCUT2D eigenvalue weighted by Gasteiger charge is -2.03. The molecule has 0 unspecified atom stereocenters. The highest BCUT2D eigenvalue weighted by molar-refractivity contribution is 6.07. The number of carbonyl (C=O) groups is 2. The predicted octanol–water partition coefficient (Wildman–Crippen LogP) is 3.55. The van der Waals surface area contributed by atoms with Crippen LogP contribution in [0.1, 0.15) is 22.8 Å². The van der Waals surface area contributed by atoms with Crippen LogP contribution < -0.4 is 10.1 Å². The Morgan fingerprint density at radius 1 is 1.09 bits per heavy atom. The molecule has 1 N–H and O–H groups in total. The molecule has 0 saturated heterocycles. The minimum Gasteiger partial charge on any atom is -0.497 e. The predicted molar refractivity (Wildman–Crippen MR) is 87.1 cm³/mol. The molecule has 0 radical (unpaired) electrons. The van der Waals surface area contributed by atoms with E-state index >= 15 is 0 Å². The van der Waals surface area contributed by atoms with Crippen LogP contribution in [0, 0.1) is 0 Å². The zero-order valence-electron chi connectivity index (χ0n) is 12.5. The van der Waals surface area contributed by atoms with Crippen molar-refractivity contribution in [3.05, 3.63) is 65.7 Å². The maximum atomic E-state index is 12.2. The Labute approximate surface area is 129 Å². The number of allylic oxidation sites excluding steroid dienone is 1. The molecule has 0 heterocycles. The molecule has 4 nitrogen and oxygen atoms in total. The molecular weight excluding hydrogens is 278 g/mol. The highest BCUT2D eigenvalue weighted by Crippen LogP contribution is 2.15. The lowest BCUT2D eigenvalue weighted by molar-refractivity contribution is -0.114. The van der Waals surface area contributed by atoms with E-state index in [1.807, 2.05) is 24.3 Å². The minimum absolute atomic E-state index is 0.130. The second kappa shape index (κ2) is 7.22. The van der Waals surface area contributed by atoms with Gasteiger partial charge in [0.25, 0.3) is 0 Å². The van der Waals surface area contributed by atoms with Gasteiger partial charge in [-0.25, -0.2) is 0 Å². The third-order valence-corrected chi connectivity index (χ3v) is 2.99. The standard InChI is InChI=1S/C18H17NO3/c1-13(20)19-16-7-4-6-15(12-16)18(21)10-9-14-5-3-8-17(11-14)22-2/h3-12H,1-2H3,(H,19,20)/b10-9+. The SMILES string of the molecule is COc1cccc(/C=C/C(=O)c2cccc(NC(C)=O)c2)c1. The summed E-state index contributed by atoms with van der Waals surface area (Å²) in [4.78, 5) is 23.2. The van der Waals surface area contributed by atoms with Crippen LogP contribution in [-0.4, -0.2) is 18.8 Å². The molecule has 4 heteroatoms. The maximum Gasteiger partial charge on any atom is 0.221 e. The van der Waals surface area contributed by atoms with Crippen molar-refractivity contribution in [3.8, 4) is 5.75 Å². The molecule has 1 amide bonds. The van der Waals surface area contributed by atoms with Crippen molar-refractivity contribution in [2.45, 2.75) is 6.92 Å². The fourth-order valence-corrected chi connectivity index (χ4v) is 1.97. The number of ether oxygens (including phenoxy) is 1. The van der Waals surface area contributed by atoms with E-state index in [0.29, 0.717) is 11.3 Å². The van der Waals surface area contributed by atoms with Gasteiger partial charge in [0.15, 0.2) is 5.78 Å². The van der Waals surface area contributed by atoms with E-state index in [1.165, 1.54) is 13.0 Å². The second-order valence-corrected chi connectivity index (χ2v) is 4.74. The Bertz CT molecular complexity index is 720. The summed E-state index contributed by atoms with van der Waals surface area (Å²) in [5.41, 5.74) is 2.00. The summed E-state index contributed by atoms with van der Waals surface area (Å²) in [7, 11) is 1.60. The minimum atomic E-state index is -0.170. The Kier molecular flexibility index (Phi) is 5.09. The van der Waals surface area contributed by atoms with Crippen LogP contribution in [-0.2, 0) is 4.79 Å². The monoisotopic (exact) mass is 295 g/mol. The van der Waals surface area contributed by atoms with Gasteiger partial charge in [-0.1, -0.05) is 30.3 Å². The Balaban J connectivity index is 2.14. The number of methoxy groups -OCH3 is 1. The molecule has 2 aromatic carbocycles. The number of rotatable bonds is 5. The van der Waals surface area contributed by atoms with Crippen LogP contribution in [0.4, 0.5) is 5.69 Å². The third-order valence-electron chi connectivity index (χ3n) is 2.99. The summed E-state index contributed by atoms with van der Waals surface area (Å²) in [5, 5.41) is 2.66. The van der Waals surface area contributed by atoms with Crippen molar-refractivity contribution in [2.75, 3.05) is 12.4 Å². The average Bonchev–Trinajstić information content (AvgIpc) is 2.52. The molecule has 0 aliphatic heterocycles. The number of ketones is 1. The van der Waals surface area contributed by atoms with Gasteiger partial charge in [-0.15, -0.1) is 0 Å². The topological polar surface area (TPSA) is 55.4 Å². The normalized spacial score (nSPS) is 10.5. The van der Waals surface area contributed by atoms with Crippen LogP contribution >= 0.6 is 0 Å². The number of hydrogen-bond acceptors (Lipinski definition) is 3. The zero-order valence-corrected chi connectivity index (χ0v) is 12.5. The van der Waals surface area contributed by atoms with Gasteiger partial charge in [-0.3, -0.25) is 9.59 Å². The van der Waals surface area contributed by atoms with Crippen molar-refractivity contribution in [2.24, 2.45) is 0 Å². The van der Waals surface area contributed by atoms with Gasteiger partial charge >= 0.3 is 0 Å². The first-order valence-electron chi connectivity index (χ1n) is 6.82. The Morgan fingerprint density at radius 2 is 1.86 bits per heavy atom. The maximum absolute atomic E-state index is 12.2. The number of carbonyl (C=O) groups excluding carboxylic acids is 2. The summed E-state index contributed by atoms with van der Waals surface area (Å²) in [6.07, 6.45) is 3.23. The fourth-order valence-electron chi connectivity index (χ4n) is 1.97. The number of hydrogen-bond donors (Lipinski definition) is 1. The van der Waals surface area contributed by atoms with Crippen LogP contribution in [0.3, 0.4) is 0 Å². The van der Waals surface area contributed by atoms with Crippen molar-refractivity contribution in [1.82, 2.24) is 0 Å². The van der Waals surface area contributed by atoms with E-state index in [0.717, 1.165) is 11.3 Å². The molecule has 22 heavy (non-hydrogen) atoms. The van der Waals surface area contributed by atoms with Gasteiger partial charge in [0.05, 0.1) is 7.11 Å². The van der Waals surface area contributed by atoms with E-state index in [4.69, 9.17) is 4.74 Å². The smallest absolute Gasteiger partial charge is 0.221 e. The first-order valence-corrected chi connectivity index (χ1v) is 6.82. The lowest BCUT2D eigenvalue weighted by Crippen LogP contribution is -2.06. The molecule has 0 fully saturated rings. The molecule has 112 valence electrons. The largest absolute Gasteiger partial charge is 0.497 e. The van der Waals surface area contributed by atoms with Crippen LogP contribution in [0.5, 0.6) is 5.75 Å². The molecule has 0 bridgehead atoms. The molecule has 2 rings (SSSR count).